The normalized spacial score (nSPS) is 11.3. The number of nitrogens with zero attached hydrogens (tertiary/aromatic N) is 2. The van der Waals surface area contributed by atoms with Crippen molar-refractivity contribution in [2.24, 2.45) is 0 Å². The molecule has 2 N–H and O–H groups in total. The summed E-state index contributed by atoms with van der Waals surface area (Å²) in [5.41, 5.74) is 1.20. The topological polar surface area (TPSA) is 81.8 Å². The summed E-state index contributed by atoms with van der Waals surface area (Å²) in [7, 11) is 1.47. The first-order chi connectivity index (χ1) is 15.9. The maximum absolute atomic E-state index is 13.1. The van der Waals surface area contributed by atoms with E-state index in [1.807, 2.05) is 32.0 Å². The van der Waals surface area contributed by atoms with Crippen LogP contribution in [0.4, 0.5) is 24.5 Å². The lowest BCUT2D eigenvalue weighted by Gasteiger charge is -2.24. The van der Waals surface area contributed by atoms with Crippen molar-refractivity contribution in [2.75, 3.05) is 43.9 Å². The van der Waals surface area contributed by atoms with Crippen LogP contribution in [0, 0.1) is 13.8 Å². The van der Waals surface area contributed by atoms with Gasteiger partial charge in [-0.3, -0.25) is 19.3 Å². The summed E-state index contributed by atoms with van der Waals surface area (Å²) in [6.45, 7) is 5.13. The molecule has 3 amide bonds. The Morgan fingerprint density at radius 1 is 0.853 bits per heavy atom. The monoisotopic (exact) mass is 478 g/mol. The highest BCUT2D eigenvalue weighted by molar-refractivity contribution is 5.96. The van der Waals surface area contributed by atoms with Gasteiger partial charge in [0.1, 0.15) is 0 Å². The molecule has 0 aliphatic carbocycles. The molecule has 10 heteroatoms. The Bertz CT molecular complexity index is 1020. The Hall–Kier alpha value is -3.40. The predicted octanol–water partition coefficient (Wildman–Crippen LogP) is 3.68. The molecule has 2 aromatic rings. The fourth-order valence-corrected chi connectivity index (χ4v) is 3.32. The quantitative estimate of drug-likeness (QED) is 0.576. The third-order valence-corrected chi connectivity index (χ3v) is 5.23. The van der Waals surface area contributed by atoms with Gasteiger partial charge in [-0.2, -0.15) is 13.2 Å². The number of amides is 3. The molecular weight excluding hydrogens is 449 g/mol. The van der Waals surface area contributed by atoms with Gasteiger partial charge in [0.05, 0.1) is 30.9 Å². The zero-order chi connectivity index (χ0) is 25.5. The number of carbonyl (C=O) groups excluding carboxylic acids is 3. The molecule has 0 saturated carbocycles. The van der Waals surface area contributed by atoms with Gasteiger partial charge >= 0.3 is 6.18 Å². The zero-order valence-electron chi connectivity index (χ0n) is 19.6. The van der Waals surface area contributed by atoms with Crippen LogP contribution in [-0.4, -0.2) is 60.7 Å². The van der Waals surface area contributed by atoms with E-state index in [-0.39, 0.29) is 31.2 Å². The van der Waals surface area contributed by atoms with Gasteiger partial charge in [-0.15, -0.1) is 0 Å². The molecule has 2 rings (SSSR count). The average molecular weight is 479 g/mol. The standard InChI is InChI=1S/C24H29F3N4O3/c1-5-31(14-21(33)28-19-12-7-6-11-18(19)24(25,26)27)15-22(34)30(4)13-20(32)29-23-16(2)9-8-10-17(23)3/h6-12H,5,13-15H2,1-4H3,(H,28,33)(H,29,32). The summed E-state index contributed by atoms with van der Waals surface area (Å²) in [4.78, 5) is 40.1. The first kappa shape index (κ1) is 26.8. The Morgan fingerprint density at radius 3 is 2.03 bits per heavy atom. The maximum atomic E-state index is 13.1. The van der Waals surface area contributed by atoms with Crippen LogP contribution in [0.15, 0.2) is 42.5 Å². The number of hydrogen-bond donors (Lipinski definition) is 2. The second-order valence-corrected chi connectivity index (χ2v) is 7.96. The Morgan fingerprint density at radius 2 is 1.44 bits per heavy atom. The lowest BCUT2D eigenvalue weighted by Crippen LogP contribution is -2.44. The first-order valence-electron chi connectivity index (χ1n) is 10.7. The zero-order valence-corrected chi connectivity index (χ0v) is 19.6. The first-order valence-corrected chi connectivity index (χ1v) is 10.7. The highest BCUT2D eigenvalue weighted by atomic mass is 19.4. The summed E-state index contributed by atoms with van der Waals surface area (Å²) in [5, 5.41) is 5.07. The highest BCUT2D eigenvalue weighted by Crippen LogP contribution is 2.34. The summed E-state index contributed by atoms with van der Waals surface area (Å²) >= 11 is 0. The number of benzene rings is 2. The van der Waals surface area contributed by atoms with Gasteiger partial charge < -0.3 is 15.5 Å². The maximum Gasteiger partial charge on any atom is 0.418 e. The van der Waals surface area contributed by atoms with Gasteiger partial charge in [0.2, 0.25) is 17.7 Å². The van der Waals surface area contributed by atoms with Crippen LogP contribution in [0.3, 0.4) is 0 Å². The number of aryl methyl sites for hydroxylation is 2. The van der Waals surface area contributed by atoms with Gasteiger partial charge in [0.15, 0.2) is 0 Å². The van der Waals surface area contributed by atoms with Crippen molar-refractivity contribution in [1.82, 2.24) is 9.80 Å². The molecule has 0 aliphatic rings. The SMILES string of the molecule is CCN(CC(=O)Nc1ccccc1C(F)(F)F)CC(=O)N(C)CC(=O)Nc1c(C)cccc1C. The van der Waals surface area contributed by atoms with Crippen molar-refractivity contribution >= 4 is 29.1 Å². The number of para-hydroxylation sites is 2. The van der Waals surface area contributed by atoms with E-state index in [0.717, 1.165) is 17.2 Å². The second-order valence-electron chi connectivity index (χ2n) is 7.96. The highest BCUT2D eigenvalue weighted by Gasteiger charge is 2.33. The van der Waals surface area contributed by atoms with Gasteiger partial charge in [-0.1, -0.05) is 37.3 Å². The van der Waals surface area contributed by atoms with E-state index in [4.69, 9.17) is 0 Å². The second kappa shape index (κ2) is 11.6. The van der Waals surface area contributed by atoms with Crippen molar-refractivity contribution in [3.63, 3.8) is 0 Å². The number of hydrogen-bond acceptors (Lipinski definition) is 4. The van der Waals surface area contributed by atoms with Crippen LogP contribution >= 0.6 is 0 Å². The number of alkyl halides is 3. The molecule has 0 saturated heterocycles. The fourth-order valence-electron chi connectivity index (χ4n) is 3.32. The van der Waals surface area contributed by atoms with E-state index < -0.39 is 23.6 Å². The molecule has 0 unspecified atom stereocenters. The van der Waals surface area contributed by atoms with Gasteiger partial charge in [-0.25, -0.2) is 0 Å². The van der Waals surface area contributed by atoms with E-state index in [1.165, 1.54) is 35.0 Å². The van der Waals surface area contributed by atoms with Crippen molar-refractivity contribution in [3.05, 3.63) is 59.2 Å². The number of nitrogens with one attached hydrogen (secondary N) is 2. The van der Waals surface area contributed by atoms with E-state index >= 15 is 0 Å². The summed E-state index contributed by atoms with van der Waals surface area (Å²) in [6.07, 6.45) is -4.61. The molecule has 0 fully saturated rings. The molecule has 0 radical (unpaired) electrons. The minimum absolute atomic E-state index is 0.169. The molecule has 0 aromatic heterocycles. The summed E-state index contributed by atoms with van der Waals surface area (Å²) < 4.78 is 39.4. The largest absolute Gasteiger partial charge is 0.418 e. The average Bonchev–Trinajstić information content (AvgIpc) is 2.75. The van der Waals surface area contributed by atoms with Crippen LogP contribution < -0.4 is 10.6 Å². The van der Waals surface area contributed by atoms with Crippen LogP contribution in [0.5, 0.6) is 0 Å². The van der Waals surface area contributed by atoms with Crippen molar-refractivity contribution in [3.8, 4) is 0 Å². The summed E-state index contributed by atoms with van der Waals surface area (Å²) in [5.74, 6) is -1.44. The minimum atomic E-state index is -4.61. The van der Waals surface area contributed by atoms with Crippen LogP contribution in [-0.2, 0) is 20.6 Å². The van der Waals surface area contributed by atoms with Gasteiger partial charge in [-0.05, 0) is 43.7 Å². The molecule has 7 nitrogen and oxygen atoms in total. The Kier molecular flexibility index (Phi) is 9.19. The lowest BCUT2D eigenvalue weighted by molar-refractivity contribution is -0.137. The van der Waals surface area contributed by atoms with Crippen molar-refractivity contribution < 1.29 is 27.6 Å². The van der Waals surface area contributed by atoms with Crippen LogP contribution in [0.2, 0.25) is 0 Å². The number of halogens is 3. The van der Waals surface area contributed by atoms with Gasteiger partial charge in [0.25, 0.3) is 0 Å². The Balaban J connectivity index is 1.92. The molecule has 34 heavy (non-hydrogen) atoms. The van der Waals surface area contributed by atoms with Gasteiger partial charge in [0, 0.05) is 12.7 Å². The van der Waals surface area contributed by atoms with E-state index in [1.54, 1.807) is 6.92 Å². The number of carbonyl (C=O) groups is 3. The molecule has 0 atom stereocenters. The number of rotatable bonds is 9. The van der Waals surface area contributed by atoms with E-state index in [2.05, 4.69) is 10.6 Å². The number of anilines is 2. The molecule has 0 aliphatic heterocycles. The van der Waals surface area contributed by atoms with E-state index in [9.17, 15) is 27.6 Å². The smallest absolute Gasteiger partial charge is 0.335 e. The molecule has 2 aromatic carbocycles. The fraction of sp³-hybridized carbons (Fsp3) is 0.375. The predicted molar refractivity (Wildman–Crippen MR) is 124 cm³/mol. The lowest BCUT2D eigenvalue weighted by atomic mass is 10.1. The van der Waals surface area contributed by atoms with Crippen molar-refractivity contribution in [2.45, 2.75) is 26.9 Å². The third-order valence-electron chi connectivity index (χ3n) is 5.23. The number of likely N-dealkylation sites (N-methyl/N-ethyl adjacent to an activating group) is 2. The Labute approximate surface area is 196 Å². The molecule has 0 bridgehead atoms. The summed E-state index contributed by atoms with van der Waals surface area (Å²) in [6, 6.07) is 10.3. The molecular formula is C24H29F3N4O3. The van der Waals surface area contributed by atoms with Crippen molar-refractivity contribution in [1.29, 1.82) is 0 Å². The molecule has 0 heterocycles. The van der Waals surface area contributed by atoms with Crippen LogP contribution in [0.25, 0.3) is 0 Å². The van der Waals surface area contributed by atoms with E-state index in [0.29, 0.717) is 12.2 Å². The van der Waals surface area contributed by atoms with Crippen LogP contribution in [0.1, 0.15) is 23.6 Å². The molecule has 184 valence electrons. The molecule has 0 spiro atoms. The minimum Gasteiger partial charge on any atom is -0.335 e. The third kappa shape index (κ3) is 7.58.